The molecule has 1 saturated heterocycles. The first kappa shape index (κ1) is 15.8. The summed E-state index contributed by atoms with van der Waals surface area (Å²) >= 11 is 3.09. The SMILES string of the molecule is CSc1nc(NCCN2CCN(C)CC2)nc(SC)n1. The van der Waals surface area contributed by atoms with E-state index in [1.54, 1.807) is 23.5 Å². The van der Waals surface area contributed by atoms with Crippen LogP contribution in [0.4, 0.5) is 5.95 Å². The Morgan fingerprint density at radius 3 is 2.15 bits per heavy atom. The zero-order valence-corrected chi connectivity index (χ0v) is 13.9. The topological polar surface area (TPSA) is 57.2 Å². The first-order chi connectivity index (χ1) is 9.71. The lowest BCUT2D eigenvalue weighted by Crippen LogP contribution is -2.45. The normalized spacial score (nSPS) is 17.4. The van der Waals surface area contributed by atoms with E-state index in [0.717, 1.165) is 49.6 Å². The van der Waals surface area contributed by atoms with Crippen molar-refractivity contribution in [1.29, 1.82) is 0 Å². The van der Waals surface area contributed by atoms with Gasteiger partial charge in [-0.2, -0.15) is 15.0 Å². The Labute approximate surface area is 129 Å². The molecule has 0 bridgehead atoms. The summed E-state index contributed by atoms with van der Waals surface area (Å²) < 4.78 is 0. The molecule has 0 unspecified atom stereocenters. The molecule has 0 aliphatic carbocycles. The van der Waals surface area contributed by atoms with E-state index in [0.29, 0.717) is 5.95 Å². The number of nitrogens with one attached hydrogen (secondary N) is 1. The van der Waals surface area contributed by atoms with Crippen LogP contribution in [0.3, 0.4) is 0 Å². The van der Waals surface area contributed by atoms with Gasteiger partial charge in [0.25, 0.3) is 0 Å². The predicted molar refractivity (Wildman–Crippen MR) is 85.8 cm³/mol. The molecule has 1 aliphatic heterocycles. The first-order valence-electron chi connectivity index (χ1n) is 6.70. The summed E-state index contributed by atoms with van der Waals surface area (Å²) in [6.07, 6.45) is 3.96. The Balaban J connectivity index is 1.81. The first-order valence-corrected chi connectivity index (χ1v) is 9.15. The number of rotatable bonds is 6. The fourth-order valence-electron chi connectivity index (χ4n) is 2.00. The molecule has 2 heterocycles. The molecule has 0 saturated carbocycles. The minimum Gasteiger partial charge on any atom is -0.353 e. The van der Waals surface area contributed by atoms with Gasteiger partial charge in [0, 0.05) is 39.3 Å². The van der Waals surface area contributed by atoms with Crippen LogP contribution in [0.5, 0.6) is 0 Å². The van der Waals surface area contributed by atoms with Gasteiger partial charge in [-0.25, -0.2) is 0 Å². The summed E-state index contributed by atoms with van der Waals surface area (Å²) in [5, 5.41) is 4.85. The van der Waals surface area contributed by atoms with Gasteiger partial charge in [0.05, 0.1) is 0 Å². The van der Waals surface area contributed by atoms with Gasteiger partial charge in [-0.3, -0.25) is 4.90 Å². The van der Waals surface area contributed by atoms with Crippen LogP contribution in [-0.2, 0) is 0 Å². The third kappa shape index (κ3) is 4.76. The Morgan fingerprint density at radius 1 is 1.00 bits per heavy atom. The number of nitrogens with zero attached hydrogens (tertiary/aromatic N) is 5. The highest BCUT2D eigenvalue weighted by Crippen LogP contribution is 2.16. The minimum absolute atomic E-state index is 0.683. The Morgan fingerprint density at radius 2 is 1.60 bits per heavy atom. The number of anilines is 1. The maximum Gasteiger partial charge on any atom is 0.227 e. The maximum atomic E-state index is 4.38. The molecule has 1 N–H and O–H groups in total. The van der Waals surface area contributed by atoms with Gasteiger partial charge in [0.1, 0.15) is 0 Å². The number of piperazine rings is 1. The summed E-state index contributed by atoms with van der Waals surface area (Å²) in [7, 11) is 2.17. The Kier molecular flexibility index (Phi) is 6.34. The molecule has 0 radical (unpaired) electrons. The van der Waals surface area contributed by atoms with Crippen LogP contribution >= 0.6 is 23.5 Å². The van der Waals surface area contributed by atoms with E-state index in [4.69, 9.17) is 0 Å². The third-order valence-corrected chi connectivity index (χ3v) is 4.36. The minimum atomic E-state index is 0.683. The molecule has 8 heteroatoms. The third-order valence-electron chi connectivity index (χ3n) is 3.27. The Hall–Kier alpha value is -0.570. The van der Waals surface area contributed by atoms with Gasteiger partial charge >= 0.3 is 0 Å². The molecule has 20 heavy (non-hydrogen) atoms. The monoisotopic (exact) mass is 314 g/mol. The lowest BCUT2D eigenvalue weighted by Gasteiger charge is -2.32. The molecule has 1 aromatic rings. The van der Waals surface area contributed by atoms with Crippen molar-refractivity contribution >= 4 is 29.5 Å². The fraction of sp³-hybridized carbons (Fsp3) is 0.750. The van der Waals surface area contributed by atoms with E-state index in [-0.39, 0.29) is 0 Å². The van der Waals surface area contributed by atoms with Crippen molar-refractivity contribution in [1.82, 2.24) is 24.8 Å². The van der Waals surface area contributed by atoms with E-state index in [1.165, 1.54) is 0 Å². The van der Waals surface area contributed by atoms with Gasteiger partial charge in [0.15, 0.2) is 10.3 Å². The van der Waals surface area contributed by atoms with E-state index in [9.17, 15) is 0 Å². The van der Waals surface area contributed by atoms with Crippen LogP contribution in [-0.4, -0.2) is 83.6 Å². The highest BCUT2D eigenvalue weighted by Gasteiger charge is 2.13. The van der Waals surface area contributed by atoms with Crippen molar-refractivity contribution in [2.75, 3.05) is 64.1 Å². The summed E-state index contributed by atoms with van der Waals surface area (Å²) in [6, 6.07) is 0. The Bertz CT molecular complexity index is 400. The van der Waals surface area contributed by atoms with Crippen LogP contribution in [0.1, 0.15) is 0 Å². The van der Waals surface area contributed by atoms with Gasteiger partial charge < -0.3 is 10.2 Å². The van der Waals surface area contributed by atoms with Crippen LogP contribution in [0.15, 0.2) is 10.3 Å². The molecule has 0 spiro atoms. The lowest BCUT2D eigenvalue weighted by molar-refractivity contribution is 0.158. The molecule has 0 amide bonds. The number of likely N-dealkylation sites (N-methyl/N-ethyl adjacent to an activating group) is 1. The van der Waals surface area contributed by atoms with Crippen LogP contribution in [0.25, 0.3) is 0 Å². The fourth-order valence-corrected chi connectivity index (χ4v) is 2.77. The van der Waals surface area contributed by atoms with Crippen molar-refractivity contribution in [2.24, 2.45) is 0 Å². The van der Waals surface area contributed by atoms with Gasteiger partial charge in [-0.05, 0) is 19.6 Å². The standard InChI is InChI=1S/C12H22N6S2/c1-17-6-8-18(9-7-17)5-4-13-10-14-11(19-2)16-12(15-10)20-3/h4-9H2,1-3H3,(H,13,14,15,16). The lowest BCUT2D eigenvalue weighted by atomic mass is 10.3. The number of thioether (sulfide) groups is 2. The molecule has 6 nitrogen and oxygen atoms in total. The van der Waals surface area contributed by atoms with Crippen molar-refractivity contribution in [3.63, 3.8) is 0 Å². The van der Waals surface area contributed by atoms with E-state index >= 15 is 0 Å². The molecular weight excluding hydrogens is 292 g/mol. The summed E-state index contributed by atoms with van der Waals surface area (Å²) in [5.41, 5.74) is 0. The second kappa shape index (κ2) is 8.02. The number of hydrogen-bond acceptors (Lipinski definition) is 8. The van der Waals surface area contributed by atoms with Crippen LogP contribution < -0.4 is 5.32 Å². The highest BCUT2D eigenvalue weighted by atomic mass is 32.2. The second-order valence-corrected chi connectivity index (χ2v) is 6.25. The molecule has 1 aliphatic rings. The van der Waals surface area contributed by atoms with Crippen molar-refractivity contribution in [3.05, 3.63) is 0 Å². The van der Waals surface area contributed by atoms with E-state index < -0.39 is 0 Å². The smallest absolute Gasteiger partial charge is 0.227 e. The van der Waals surface area contributed by atoms with Crippen molar-refractivity contribution < 1.29 is 0 Å². The largest absolute Gasteiger partial charge is 0.353 e. The zero-order chi connectivity index (χ0) is 14.4. The molecule has 2 rings (SSSR count). The van der Waals surface area contributed by atoms with Gasteiger partial charge in [-0.1, -0.05) is 23.5 Å². The van der Waals surface area contributed by atoms with Crippen molar-refractivity contribution in [2.45, 2.75) is 10.3 Å². The van der Waals surface area contributed by atoms with Crippen molar-refractivity contribution in [3.8, 4) is 0 Å². The summed E-state index contributed by atoms with van der Waals surface area (Å²) in [6.45, 7) is 6.49. The molecular formula is C12H22N6S2. The van der Waals surface area contributed by atoms with Crippen LogP contribution in [0.2, 0.25) is 0 Å². The number of hydrogen-bond donors (Lipinski definition) is 1. The summed E-state index contributed by atoms with van der Waals surface area (Å²) in [4.78, 5) is 17.9. The van der Waals surface area contributed by atoms with Crippen LogP contribution in [0, 0.1) is 0 Å². The zero-order valence-electron chi connectivity index (χ0n) is 12.3. The molecule has 0 atom stereocenters. The average molecular weight is 314 g/mol. The highest BCUT2D eigenvalue weighted by molar-refractivity contribution is 7.99. The number of aromatic nitrogens is 3. The van der Waals surface area contributed by atoms with Gasteiger partial charge in [-0.15, -0.1) is 0 Å². The molecule has 1 aromatic heterocycles. The molecule has 1 fully saturated rings. The predicted octanol–water partition coefficient (Wildman–Crippen LogP) is 0.975. The van der Waals surface area contributed by atoms with Gasteiger partial charge in [0.2, 0.25) is 5.95 Å². The molecule has 0 aromatic carbocycles. The second-order valence-electron chi connectivity index (χ2n) is 4.70. The summed E-state index contributed by atoms with van der Waals surface area (Å²) in [5.74, 6) is 0.683. The maximum absolute atomic E-state index is 4.38. The molecule has 112 valence electrons. The average Bonchev–Trinajstić information content (AvgIpc) is 2.49. The quantitative estimate of drug-likeness (QED) is 0.780. The van der Waals surface area contributed by atoms with E-state index in [1.807, 2.05) is 12.5 Å². The van der Waals surface area contributed by atoms with E-state index in [2.05, 4.69) is 37.1 Å².